The summed E-state index contributed by atoms with van der Waals surface area (Å²) in [4.78, 5) is 22.1. The Morgan fingerprint density at radius 1 is 1.06 bits per heavy atom. The number of phenolic OH excluding ortho intramolecular Hbond substituents is 1. The van der Waals surface area contributed by atoms with Crippen LogP contribution in [0.15, 0.2) is 17.1 Å². The number of nitrogens with zero attached hydrogens (tertiary/aromatic N) is 3. The number of hydrogen-bond donors (Lipinski definition) is 8. The van der Waals surface area contributed by atoms with Gasteiger partial charge in [0.2, 0.25) is 0 Å². The maximum atomic E-state index is 12.7. The number of carbonyl (C=O) groups is 1. The minimum absolute atomic E-state index is 0.124. The SMILES string of the molecule is CC(=O)O[C@H]1C[C@@H](O)CC[C@]2(C#C[C@H]3CCC[C@@H]4C[C@H](CCN4)Oc4cc(c(C(O)O)cc4O)C[C@H]13)CNC(N)=NCN1C[C@H]3C[C@@H](C1)CN(C3)C[C@H]2O. The van der Waals surface area contributed by atoms with E-state index in [2.05, 4.69) is 37.3 Å². The van der Waals surface area contributed by atoms with Crippen LogP contribution in [0.3, 0.4) is 0 Å². The Balaban J connectivity index is 1.32. The Hall–Kier alpha value is -3.16. The van der Waals surface area contributed by atoms with Crippen LogP contribution in [0.5, 0.6) is 11.5 Å². The predicted molar refractivity (Wildman–Crippen MR) is 201 cm³/mol. The number of ether oxygens (including phenoxy) is 2. The van der Waals surface area contributed by atoms with Gasteiger partial charge in [0.05, 0.1) is 24.3 Å². The number of nitrogens with two attached hydrogens (primary N) is 1. The minimum Gasteiger partial charge on any atom is -0.504 e. The molecule has 8 bridgehead atoms. The highest BCUT2D eigenvalue weighted by molar-refractivity contribution is 5.77. The first-order valence-corrected chi connectivity index (χ1v) is 20.1. The lowest BCUT2D eigenvalue weighted by molar-refractivity contribution is -0.152. The molecule has 0 radical (unpaired) electrons. The van der Waals surface area contributed by atoms with Gasteiger partial charge in [0, 0.05) is 76.1 Å². The van der Waals surface area contributed by atoms with E-state index < -0.39 is 41.9 Å². The van der Waals surface area contributed by atoms with Crippen LogP contribution in [0.1, 0.15) is 82.1 Å². The van der Waals surface area contributed by atoms with Crippen LogP contribution in [-0.2, 0) is 16.0 Å². The smallest absolute Gasteiger partial charge is 0.302 e. The Kier molecular flexibility index (Phi) is 12.2. The number of aromatic hydroxyl groups is 1. The number of phenols is 1. The standard InChI is InChI=1S/C40H60N6O8/c1-24(47)53-35-15-30(48)6-9-40(22-43-39(41)44-23-46-19-25-11-26(20-46)18-45(17-25)21-37(40)50)8-5-27-3-2-4-29-14-31(7-10-42-29)54-36-13-28(12-32(27)35)33(38(51)52)16-34(36)49/h13,16,25-27,29-32,35,37-38,42,48-52H,2-4,6-7,9-12,14-15,17-23H2,1H3,(H3,41,43,44)/t25-,26+,27-,29-,30+,31+,32+,35+,37-,40-/m1/s1. The van der Waals surface area contributed by atoms with Crippen molar-refractivity contribution in [3.63, 3.8) is 0 Å². The van der Waals surface area contributed by atoms with Crippen LogP contribution >= 0.6 is 0 Å². The third kappa shape index (κ3) is 9.26. The monoisotopic (exact) mass is 752 g/mol. The molecule has 3 saturated heterocycles. The molecule has 0 saturated carbocycles. The molecule has 3 fully saturated rings. The number of aliphatic hydroxyl groups excluding tert-OH is 3. The van der Waals surface area contributed by atoms with Gasteiger partial charge in [-0.05, 0) is 87.4 Å². The summed E-state index contributed by atoms with van der Waals surface area (Å²) in [6, 6.07) is 3.20. The van der Waals surface area contributed by atoms with Crippen molar-refractivity contribution in [2.24, 2.45) is 39.8 Å². The second kappa shape index (κ2) is 16.9. The molecule has 54 heavy (non-hydrogen) atoms. The van der Waals surface area contributed by atoms with E-state index in [1.54, 1.807) is 6.07 Å². The van der Waals surface area contributed by atoms with E-state index in [4.69, 9.17) is 15.2 Å². The van der Waals surface area contributed by atoms with Crippen molar-refractivity contribution >= 4 is 11.9 Å². The summed E-state index contributed by atoms with van der Waals surface area (Å²) in [5.41, 5.74) is 6.12. The summed E-state index contributed by atoms with van der Waals surface area (Å²) in [5.74, 6) is 7.28. The molecule has 14 nitrogen and oxygen atoms in total. The molecule has 6 heterocycles. The zero-order chi connectivity index (χ0) is 38.0. The minimum atomic E-state index is -1.88. The van der Waals surface area contributed by atoms with Crippen molar-refractivity contribution in [3.05, 3.63) is 23.3 Å². The van der Waals surface area contributed by atoms with Gasteiger partial charge in [-0.1, -0.05) is 18.3 Å². The summed E-state index contributed by atoms with van der Waals surface area (Å²) < 4.78 is 12.4. The molecular weight excluding hydrogens is 692 g/mol. The molecule has 9 N–H and O–H groups in total. The molecule has 0 amide bonds. The van der Waals surface area contributed by atoms with Gasteiger partial charge in [0.25, 0.3) is 0 Å². The van der Waals surface area contributed by atoms with Crippen molar-refractivity contribution in [3.8, 4) is 23.3 Å². The second-order valence-electron chi connectivity index (χ2n) is 17.0. The molecule has 298 valence electrons. The topological polar surface area (TPSA) is 206 Å². The number of fused-ring (bicyclic) bond motifs is 9. The zero-order valence-electron chi connectivity index (χ0n) is 31.5. The number of carbonyl (C=O) groups excluding carboxylic acids is 1. The van der Waals surface area contributed by atoms with E-state index in [0.717, 1.165) is 58.4 Å². The van der Waals surface area contributed by atoms with Crippen molar-refractivity contribution < 1.29 is 39.8 Å². The first kappa shape index (κ1) is 39.1. The number of nitrogens with one attached hydrogen (secondary N) is 2. The average Bonchev–Trinajstić information content (AvgIpc) is 3.12. The number of esters is 1. The van der Waals surface area contributed by atoms with E-state index in [-0.39, 0.29) is 54.5 Å². The van der Waals surface area contributed by atoms with Crippen LogP contribution in [-0.4, -0.2) is 130 Å². The summed E-state index contributed by atoms with van der Waals surface area (Å²) in [5, 5.41) is 63.0. The molecule has 7 aliphatic rings. The molecule has 1 aromatic carbocycles. The molecular formula is C40H60N6O8. The van der Waals surface area contributed by atoms with Crippen molar-refractivity contribution in [2.45, 2.75) is 108 Å². The highest BCUT2D eigenvalue weighted by Gasteiger charge is 2.43. The van der Waals surface area contributed by atoms with E-state index in [1.807, 2.05) is 0 Å². The summed E-state index contributed by atoms with van der Waals surface area (Å²) in [6.45, 7) is 7.01. The van der Waals surface area contributed by atoms with Gasteiger partial charge < -0.3 is 56.3 Å². The van der Waals surface area contributed by atoms with Gasteiger partial charge in [-0.2, -0.15) is 0 Å². The van der Waals surface area contributed by atoms with Gasteiger partial charge in [0.1, 0.15) is 12.2 Å². The number of piperidine rings is 3. The lowest BCUT2D eigenvalue weighted by Gasteiger charge is -2.47. The molecule has 14 heteroatoms. The Morgan fingerprint density at radius 2 is 1.83 bits per heavy atom. The van der Waals surface area contributed by atoms with Crippen LogP contribution in [0.2, 0.25) is 0 Å². The molecule has 6 aliphatic heterocycles. The number of aliphatic hydroxyl groups is 4. The number of hydrogen-bond acceptors (Lipinski definition) is 14. The fourth-order valence-electron chi connectivity index (χ4n) is 10.2. The molecule has 1 spiro atoms. The fraction of sp³-hybridized carbons (Fsp3) is 0.750. The zero-order valence-corrected chi connectivity index (χ0v) is 31.5. The lowest BCUT2D eigenvalue weighted by atomic mass is 9.72. The van der Waals surface area contributed by atoms with Crippen molar-refractivity contribution in [1.29, 1.82) is 0 Å². The lowest BCUT2D eigenvalue weighted by Crippen LogP contribution is -2.56. The maximum absolute atomic E-state index is 12.7. The Morgan fingerprint density at radius 3 is 2.59 bits per heavy atom. The third-order valence-corrected chi connectivity index (χ3v) is 12.8. The number of guanidine groups is 1. The molecule has 12 atom stereocenters. The molecule has 1 aromatic rings. The highest BCUT2D eigenvalue weighted by atomic mass is 16.5. The normalized spacial score (nSPS) is 38.9. The molecule has 8 rings (SSSR count). The van der Waals surface area contributed by atoms with Gasteiger partial charge >= 0.3 is 5.97 Å². The number of aliphatic imine (C=N–C) groups is 1. The number of rotatable bonds is 2. The van der Waals surface area contributed by atoms with Crippen LogP contribution < -0.4 is 21.1 Å². The third-order valence-electron chi connectivity index (χ3n) is 12.8. The maximum Gasteiger partial charge on any atom is 0.302 e. The molecule has 1 aliphatic carbocycles. The van der Waals surface area contributed by atoms with Crippen molar-refractivity contribution in [1.82, 2.24) is 20.4 Å². The average molecular weight is 753 g/mol. The van der Waals surface area contributed by atoms with Gasteiger partial charge in [-0.15, -0.1) is 0 Å². The predicted octanol–water partition coefficient (Wildman–Crippen LogP) is 0.790. The first-order valence-electron chi connectivity index (χ1n) is 20.1. The van der Waals surface area contributed by atoms with E-state index >= 15 is 0 Å². The molecule has 0 aromatic heterocycles. The van der Waals surface area contributed by atoms with Gasteiger partial charge in [-0.3, -0.25) is 9.69 Å². The largest absolute Gasteiger partial charge is 0.504 e. The van der Waals surface area contributed by atoms with E-state index in [0.29, 0.717) is 55.8 Å². The van der Waals surface area contributed by atoms with Crippen LogP contribution in [0, 0.1) is 40.9 Å². The summed E-state index contributed by atoms with van der Waals surface area (Å²) in [6.07, 6.45) is 1.52. The van der Waals surface area contributed by atoms with Crippen molar-refractivity contribution in [2.75, 3.05) is 52.5 Å². The quantitative estimate of drug-likeness (QED) is 0.120. The van der Waals surface area contributed by atoms with E-state index in [9.17, 15) is 30.3 Å². The van der Waals surface area contributed by atoms with Crippen LogP contribution in [0.4, 0.5) is 0 Å². The number of benzene rings is 1. The van der Waals surface area contributed by atoms with Gasteiger partial charge in [0.15, 0.2) is 23.7 Å². The summed E-state index contributed by atoms with van der Waals surface area (Å²) >= 11 is 0. The fourth-order valence-corrected chi connectivity index (χ4v) is 10.2. The first-order chi connectivity index (χ1) is 25.9. The summed E-state index contributed by atoms with van der Waals surface area (Å²) in [7, 11) is 0. The van der Waals surface area contributed by atoms with Crippen LogP contribution in [0.25, 0.3) is 0 Å². The van der Waals surface area contributed by atoms with E-state index in [1.165, 1.54) is 19.4 Å². The Bertz CT molecular complexity index is 1570. The Labute approximate surface area is 318 Å². The molecule has 2 unspecified atom stereocenters. The highest BCUT2D eigenvalue weighted by Crippen LogP contribution is 2.41. The van der Waals surface area contributed by atoms with Gasteiger partial charge in [-0.25, -0.2) is 4.99 Å². The second-order valence-corrected chi connectivity index (χ2v) is 17.0.